The molecule has 0 bridgehead atoms. The first-order valence-electron chi connectivity index (χ1n) is 6.56. The number of benzene rings is 1. The maximum absolute atomic E-state index is 5.52. The molecule has 100 valence electrons. The lowest BCUT2D eigenvalue weighted by atomic mass is 10.0. The Hall–Kier alpha value is -1.88. The van der Waals surface area contributed by atoms with Gasteiger partial charge in [0.2, 0.25) is 0 Å². The van der Waals surface area contributed by atoms with E-state index >= 15 is 0 Å². The van der Waals surface area contributed by atoms with Gasteiger partial charge in [-0.2, -0.15) is 5.10 Å². The molecule has 1 aromatic carbocycles. The zero-order valence-electron chi connectivity index (χ0n) is 11.3. The molecule has 0 aliphatic carbocycles. The summed E-state index contributed by atoms with van der Waals surface area (Å²) in [4.78, 5) is 4.21. The Morgan fingerprint density at radius 3 is 3.16 bits per heavy atom. The van der Waals surface area contributed by atoms with Crippen LogP contribution in [-0.2, 0) is 20.0 Å². The standard InChI is InChI=1S/C14H18N4O/c1-10(15-8-14-16-9-18(2)17-14)11-3-4-13-12(7-11)5-6-19-13/h3-4,7,9-10,15H,5-6,8H2,1-2H3. The number of fused-ring (bicyclic) bond motifs is 1. The molecule has 5 heteroatoms. The largest absolute Gasteiger partial charge is 0.493 e. The van der Waals surface area contributed by atoms with E-state index in [1.54, 1.807) is 11.0 Å². The molecule has 1 atom stereocenters. The zero-order valence-corrected chi connectivity index (χ0v) is 11.3. The molecular formula is C14H18N4O. The summed E-state index contributed by atoms with van der Waals surface area (Å²) in [5, 5.41) is 7.70. The average molecular weight is 258 g/mol. The predicted octanol–water partition coefficient (Wildman–Crippen LogP) is 1.60. The maximum atomic E-state index is 5.52. The molecule has 1 N–H and O–H groups in total. The molecule has 0 fully saturated rings. The number of nitrogens with zero attached hydrogens (tertiary/aromatic N) is 3. The van der Waals surface area contributed by atoms with Crippen molar-refractivity contribution in [1.29, 1.82) is 0 Å². The van der Waals surface area contributed by atoms with Crippen molar-refractivity contribution < 1.29 is 4.74 Å². The lowest BCUT2D eigenvalue weighted by Crippen LogP contribution is -2.19. The van der Waals surface area contributed by atoms with Crippen molar-refractivity contribution in [2.24, 2.45) is 7.05 Å². The van der Waals surface area contributed by atoms with Crippen LogP contribution in [0.15, 0.2) is 24.5 Å². The molecule has 0 radical (unpaired) electrons. The third-order valence-corrected chi connectivity index (χ3v) is 3.43. The first-order valence-corrected chi connectivity index (χ1v) is 6.56. The minimum atomic E-state index is 0.273. The van der Waals surface area contributed by atoms with Crippen molar-refractivity contribution in [2.45, 2.75) is 25.9 Å². The van der Waals surface area contributed by atoms with E-state index < -0.39 is 0 Å². The molecule has 1 aromatic heterocycles. The van der Waals surface area contributed by atoms with E-state index in [2.05, 4.69) is 40.5 Å². The number of ether oxygens (including phenoxy) is 1. The van der Waals surface area contributed by atoms with Crippen LogP contribution >= 0.6 is 0 Å². The van der Waals surface area contributed by atoms with Gasteiger partial charge >= 0.3 is 0 Å². The van der Waals surface area contributed by atoms with Crippen molar-refractivity contribution in [1.82, 2.24) is 20.1 Å². The molecule has 2 heterocycles. The third-order valence-electron chi connectivity index (χ3n) is 3.43. The molecule has 1 unspecified atom stereocenters. The summed E-state index contributed by atoms with van der Waals surface area (Å²) < 4.78 is 7.24. The lowest BCUT2D eigenvalue weighted by molar-refractivity contribution is 0.356. The molecule has 1 aliphatic heterocycles. The second-order valence-corrected chi connectivity index (χ2v) is 4.90. The van der Waals surface area contributed by atoms with E-state index in [0.29, 0.717) is 6.54 Å². The minimum absolute atomic E-state index is 0.273. The van der Waals surface area contributed by atoms with Gasteiger partial charge in [-0.25, -0.2) is 4.98 Å². The average Bonchev–Trinajstić information content (AvgIpc) is 3.03. The SMILES string of the molecule is CC(NCc1ncn(C)n1)c1ccc2c(c1)CCO2. The fourth-order valence-corrected chi connectivity index (χ4v) is 2.30. The van der Waals surface area contributed by atoms with Crippen molar-refractivity contribution in [3.63, 3.8) is 0 Å². The fourth-order valence-electron chi connectivity index (χ4n) is 2.30. The van der Waals surface area contributed by atoms with E-state index in [9.17, 15) is 0 Å². The molecule has 3 rings (SSSR count). The summed E-state index contributed by atoms with van der Waals surface area (Å²) in [5.74, 6) is 1.85. The Morgan fingerprint density at radius 2 is 2.37 bits per heavy atom. The summed E-state index contributed by atoms with van der Waals surface area (Å²) >= 11 is 0. The Morgan fingerprint density at radius 1 is 1.47 bits per heavy atom. The van der Waals surface area contributed by atoms with Crippen LogP contribution in [0.1, 0.15) is 29.9 Å². The van der Waals surface area contributed by atoms with E-state index in [1.807, 2.05) is 7.05 Å². The maximum Gasteiger partial charge on any atom is 0.164 e. The number of aryl methyl sites for hydroxylation is 1. The Balaban J connectivity index is 1.65. The second-order valence-electron chi connectivity index (χ2n) is 4.90. The summed E-state index contributed by atoms with van der Waals surface area (Å²) in [7, 11) is 1.88. The fraction of sp³-hybridized carbons (Fsp3) is 0.429. The van der Waals surface area contributed by atoms with Gasteiger partial charge in [0, 0.05) is 19.5 Å². The van der Waals surface area contributed by atoms with Crippen molar-refractivity contribution in [3.05, 3.63) is 41.5 Å². The molecule has 0 saturated carbocycles. The van der Waals surface area contributed by atoms with Gasteiger partial charge in [-0.05, 0) is 24.1 Å². The smallest absolute Gasteiger partial charge is 0.164 e. The van der Waals surface area contributed by atoms with Crippen LogP contribution < -0.4 is 10.1 Å². The highest BCUT2D eigenvalue weighted by Gasteiger charge is 2.14. The molecule has 2 aromatic rings. The second kappa shape index (κ2) is 5.01. The first kappa shape index (κ1) is 12.2. The quantitative estimate of drug-likeness (QED) is 0.905. The van der Waals surface area contributed by atoms with Gasteiger partial charge in [-0.3, -0.25) is 4.68 Å². The predicted molar refractivity (Wildman–Crippen MR) is 71.9 cm³/mol. The highest BCUT2D eigenvalue weighted by atomic mass is 16.5. The number of nitrogens with one attached hydrogen (secondary N) is 1. The summed E-state index contributed by atoms with van der Waals surface area (Å²) in [6.45, 7) is 3.63. The lowest BCUT2D eigenvalue weighted by Gasteiger charge is -2.14. The highest BCUT2D eigenvalue weighted by molar-refractivity contribution is 5.40. The van der Waals surface area contributed by atoms with Gasteiger partial charge in [0.1, 0.15) is 12.1 Å². The summed E-state index contributed by atoms with van der Waals surface area (Å²) in [6.07, 6.45) is 2.73. The van der Waals surface area contributed by atoms with Gasteiger partial charge in [0.05, 0.1) is 13.2 Å². The van der Waals surface area contributed by atoms with Crippen LogP contribution in [0.25, 0.3) is 0 Å². The van der Waals surface area contributed by atoms with Gasteiger partial charge in [0.25, 0.3) is 0 Å². The van der Waals surface area contributed by atoms with Gasteiger partial charge in [0.15, 0.2) is 5.82 Å². The Bertz CT molecular complexity index is 579. The first-order chi connectivity index (χ1) is 9.22. The normalized spacial score (nSPS) is 15.1. The summed E-state index contributed by atoms with van der Waals surface area (Å²) in [5.41, 5.74) is 2.59. The van der Waals surface area contributed by atoms with Crippen LogP contribution in [-0.4, -0.2) is 21.4 Å². The Labute approximate surface area is 112 Å². The highest BCUT2D eigenvalue weighted by Crippen LogP contribution is 2.28. The molecule has 0 amide bonds. The van der Waals surface area contributed by atoms with Gasteiger partial charge in [-0.1, -0.05) is 12.1 Å². The van der Waals surface area contributed by atoms with E-state index in [4.69, 9.17) is 4.74 Å². The molecule has 0 spiro atoms. The van der Waals surface area contributed by atoms with E-state index in [1.165, 1.54) is 11.1 Å². The number of aromatic nitrogens is 3. The molecular weight excluding hydrogens is 240 g/mol. The molecule has 0 saturated heterocycles. The van der Waals surface area contributed by atoms with Crippen LogP contribution in [0.3, 0.4) is 0 Å². The van der Waals surface area contributed by atoms with Gasteiger partial charge in [-0.15, -0.1) is 0 Å². The third kappa shape index (κ3) is 2.61. The molecule has 5 nitrogen and oxygen atoms in total. The minimum Gasteiger partial charge on any atom is -0.493 e. The monoisotopic (exact) mass is 258 g/mol. The molecule has 19 heavy (non-hydrogen) atoms. The van der Waals surface area contributed by atoms with Crippen molar-refractivity contribution >= 4 is 0 Å². The number of hydrogen-bond acceptors (Lipinski definition) is 4. The van der Waals surface area contributed by atoms with E-state index in [0.717, 1.165) is 24.6 Å². The van der Waals surface area contributed by atoms with E-state index in [-0.39, 0.29) is 6.04 Å². The van der Waals surface area contributed by atoms with Gasteiger partial charge < -0.3 is 10.1 Å². The summed E-state index contributed by atoms with van der Waals surface area (Å²) in [6, 6.07) is 6.68. The van der Waals surface area contributed by atoms with Crippen molar-refractivity contribution in [3.8, 4) is 5.75 Å². The zero-order chi connectivity index (χ0) is 13.2. The number of hydrogen-bond donors (Lipinski definition) is 1. The molecule has 1 aliphatic rings. The number of rotatable bonds is 4. The van der Waals surface area contributed by atoms with Crippen LogP contribution in [0.4, 0.5) is 0 Å². The topological polar surface area (TPSA) is 52.0 Å². The van der Waals surface area contributed by atoms with Crippen LogP contribution in [0.2, 0.25) is 0 Å². The van der Waals surface area contributed by atoms with Crippen LogP contribution in [0, 0.1) is 0 Å². The van der Waals surface area contributed by atoms with Crippen molar-refractivity contribution in [2.75, 3.05) is 6.61 Å². The Kier molecular flexibility index (Phi) is 3.21. The van der Waals surface area contributed by atoms with Crippen LogP contribution in [0.5, 0.6) is 5.75 Å².